The topological polar surface area (TPSA) is 33.7 Å². The van der Waals surface area contributed by atoms with E-state index in [-0.39, 0.29) is 0 Å². The van der Waals surface area contributed by atoms with E-state index in [1.165, 1.54) is 32.5 Å². The summed E-state index contributed by atoms with van der Waals surface area (Å²) in [7, 11) is 1.67. The van der Waals surface area contributed by atoms with Crippen LogP contribution in [0.3, 0.4) is 0 Å². The lowest BCUT2D eigenvalue weighted by molar-refractivity contribution is 0.188. The van der Waals surface area contributed by atoms with Crippen molar-refractivity contribution in [2.24, 2.45) is 5.92 Å². The third-order valence-electron chi connectivity index (χ3n) is 4.19. The van der Waals surface area contributed by atoms with E-state index >= 15 is 0 Å². The standard InChI is InChI=1S/C17H28N2O2/c1-3-19-11-8-15(9-12-19)14-18-10-13-21-17-6-4-16(20-2)5-7-17/h4-7,15,18H,3,8-14H2,1-2H3. The summed E-state index contributed by atoms with van der Waals surface area (Å²) in [4.78, 5) is 2.53. The minimum Gasteiger partial charge on any atom is -0.497 e. The first-order valence-electron chi connectivity index (χ1n) is 8.01. The summed E-state index contributed by atoms with van der Waals surface area (Å²) in [5, 5.41) is 3.51. The molecule has 1 fully saturated rings. The third kappa shape index (κ3) is 5.56. The Kier molecular flexibility index (Phi) is 6.83. The van der Waals surface area contributed by atoms with Gasteiger partial charge in [-0.15, -0.1) is 0 Å². The van der Waals surface area contributed by atoms with Gasteiger partial charge in [0.25, 0.3) is 0 Å². The minimum atomic E-state index is 0.708. The molecule has 4 nitrogen and oxygen atoms in total. The van der Waals surface area contributed by atoms with Crippen LogP contribution in [-0.2, 0) is 0 Å². The lowest BCUT2D eigenvalue weighted by atomic mass is 9.97. The van der Waals surface area contributed by atoms with E-state index in [4.69, 9.17) is 9.47 Å². The summed E-state index contributed by atoms with van der Waals surface area (Å²) in [6, 6.07) is 7.73. The van der Waals surface area contributed by atoms with Crippen molar-refractivity contribution in [3.8, 4) is 11.5 Å². The summed E-state index contributed by atoms with van der Waals surface area (Å²) in [6.45, 7) is 8.67. The molecule has 4 heteroatoms. The van der Waals surface area contributed by atoms with Crippen LogP contribution >= 0.6 is 0 Å². The second-order valence-electron chi connectivity index (χ2n) is 5.61. The fourth-order valence-corrected chi connectivity index (χ4v) is 2.73. The van der Waals surface area contributed by atoms with Crippen LogP contribution in [0.2, 0.25) is 0 Å². The van der Waals surface area contributed by atoms with E-state index < -0.39 is 0 Å². The number of benzene rings is 1. The van der Waals surface area contributed by atoms with Crippen LogP contribution in [0, 0.1) is 5.92 Å². The summed E-state index contributed by atoms with van der Waals surface area (Å²) in [5.74, 6) is 2.58. The molecule has 0 spiro atoms. The predicted molar refractivity (Wildman–Crippen MR) is 86.2 cm³/mol. The van der Waals surface area contributed by atoms with Crippen molar-refractivity contribution >= 4 is 0 Å². The smallest absolute Gasteiger partial charge is 0.119 e. The van der Waals surface area contributed by atoms with Crippen LogP contribution in [0.1, 0.15) is 19.8 Å². The number of hydrogen-bond donors (Lipinski definition) is 1. The molecule has 0 aromatic heterocycles. The molecule has 118 valence electrons. The summed E-state index contributed by atoms with van der Waals surface area (Å²) >= 11 is 0. The highest BCUT2D eigenvalue weighted by molar-refractivity contribution is 5.31. The van der Waals surface area contributed by atoms with Crippen molar-refractivity contribution in [2.75, 3.05) is 46.4 Å². The normalized spacial score (nSPS) is 16.9. The third-order valence-corrected chi connectivity index (χ3v) is 4.19. The monoisotopic (exact) mass is 292 g/mol. The van der Waals surface area contributed by atoms with Gasteiger partial charge in [0.2, 0.25) is 0 Å². The van der Waals surface area contributed by atoms with Gasteiger partial charge in [0.15, 0.2) is 0 Å². The maximum atomic E-state index is 5.70. The van der Waals surface area contributed by atoms with Crippen molar-refractivity contribution in [2.45, 2.75) is 19.8 Å². The van der Waals surface area contributed by atoms with Crippen molar-refractivity contribution in [1.82, 2.24) is 10.2 Å². The highest BCUT2D eigenvalue weighted by Crippen LogP contribution is 2.17. The Bertz CT molecular complexity index is 386. The molecule has 1 aromatic rings. The van der Waals surface area contributed by atoms with Crippen LogP contribution in [0.25, 0.3) is 0 Å². The molecule has 1 heterocycles. The Morgan fingerprint density at radius 2 is 1.81 bits per heavy atom. The Morgan fingerprint density at radius 1 is 1.14 bits per heavy atom. The van der Waals surface area contributed by atoms with Crippen molar-refractivity contribution in [1.29, 1.82) is 0 Å². The zero-order valence-corrected chi connectivity index (χ0v) is 13.3. The first kappa shape index (κ1) is 16.1. The van der Waals surface area contributed by atoms with Gasteiger partial charge in [-0.25, -0.2) is 0 Å². The largest absolute Gasteiger partial charge is 0.497 e. The molecule has 1 aliphatic heterocycles. The SMILES string of the molecule is CCN1CCC(CNCCOc2ccc(OC)cc2)CC1. The van der Waals surface area contributed by atoms with Gasteiger partial charge in [-0.2, -0.15) is 0 Å². The molecule has 0 amide bonds. The molecule has 1 saturated heterocycles. The average molecular weight is 292 g/mol. The van der Waals surface area contributed by atoms with Gasteiger partial charge in [-0.1, -0.05) is 6.92 Å². The summed E-state index contributed by atoms with van der Waals surface area (Å²) in [6.07, 6.45) is 2.64. The molecule has 0 radical (unpaired) electrons. The number of rotatable bonds is 8. The van der Waals surface area contributed by atoms with Crippen molar-refractivity contribution < 1.29 is 9.47 Å². The van der Waals surface area contributed by atoms with Crippen LogP contribution in [0.4, 0.5) is 0 Å². The number of piperidine rings is 1. The van der Waals surface area contributed by atoms with E-state index in [0.717, 1.165) is 30.5 Å². The van der Waals surface area contributed by atoms with E-state index in [0.29, 0.717) is 6.61 Å². The quantitative estimate of drug-likeness (QED) is 0.746. The maximum Gasteiger partial charge on any atom is 0.119 e. The molecule has 0 saturated carbocycles. The van der Waals surface area contributed by atoms with E-state index in [1.807, 2.05) is 24.3 Å². The molecule has 1 aromatic carbocycles. The van der Waals surface area contributed by atoms with Crippen LogP contribution in [0.5, 0.6) is 11.5 Å². The Balaban J connectivity index is 1.53. The average Bonchev–Trinajstić information content (AvgIpc) is 2.55. The van der Waals surface area contributed by atoms with Crippen molar-refractivity contribution in [3.63, 3.8) is 0 Å². The fraction of sp³-hybridized carbons (Fsp3) is 0.647. The zero-order valence-electron chi connectivity index (χ0n) is 13.3. The van der Waals surface area contributed by atoms with E-state index in [2.05, 4.69) is 17.1 Å². The number of hydrogen-bond acceptors (Lipinski definition) is 4. The number of nitrogens with one attached hydrogen (secondary N) is 1. The van der Waals surface area contributed by atoms with Crippen LogP contribution < -0.4 is 14.8 Å². The Hall–Kier alpha value is -1.26. The lowest BCUT2D eigenvalue weighted by Gasteiger charge is -2.31. The highest BCUT2D eigenvalue weighted by Gasteiger charge is 2.17. The predicted octanol–water partition coefficient (Wildman–Crippen LogP) is 2.40. The molecule has 0 atom stereocenters. The molecule has 0 bridgehead atoms. The van der Waals surface area contributed by atoms with E-state index in [1.54, 1.807) is 7.11 Å². The van der Waals surface area contributed by atoms with Gasteiger partial charge in [0.05, 0.1) is 7.11 Å². The summed E-state index contributed by atoms with van der Waals surface area (Å²) in [5.41, 5.74) is 0. The fourth-order valence-electron chi connectivity index (χ4n) is 2.73. The Labute approximate surface area is 128 Å². The molecular formula is C17H28N2O2. The van der Waals surface area contributed by atoms with Gasteiger partial charge in [-0.3, -0.25) is 0 Å². The van der Waals surface area contributed by atoms with Crippen LogP contribution in [0.15, 0.2) is 24.3 Å². The first-order chi connectivity index (χ1) is 10.3. The van der Waals surface area contributed by atoms with Gasteiger partial charge in [0, 0.05) is 6.54 Å². The Morgan fingerprint density at radius 3 is 2.43 bits per heavy atom. The molecule has 2 rings (SSSR count). The molecule has 1 N–H and O–H groups in total. The van der Waals surface area contributed by atoms with Crippen molar-refractivity contribution in [3.05, 3.63) is 24.3 Å². The zero-order chi connectivity index (χ0) is 14.9. The van der Waals surface area contributed by atoms with E-state index in [9.17, 15) is 0 Å². The number of nitrogens with zero attached hydrogens (tertiary/aromatic N) is 1. The first-order valence-corrected chi connectivity index (χ1v) is 8.01. The summed E-state index contributed by atoms with van der Waals surface area (Å²) < 4.78 is 10.8. The maximum absolute atomic E-state index is 5.70. The second-order valence-corrected chi connectivity index (χ2v) is 5.61. The highest BCUT2D eigenvalue weighted by atomic mass is 16.5. The molecule has 1 aliphatic rings. The number of likely N-dealkylation sites (tertiary alicyclic amines) is 1. The van der Waals surface area contributed by atoms with Gasteiger partial charge in [-0.05, 0) is 69.2 Å². The minimum absolute atomic E-state index is 0.708. The van der Waals surface area contributed by atoms with Gasteiger partial charge < -0.3 is 19.7 Å². The van der Waals surface area contributed by atoms with Gasteiger partial charge >= 0.3 is 0 Å². The molecular weight excluding hydrogens is 264 g/mol. The molecule has 0 unspecified atom stereocenters. The second kappa shape index (κ2) is 8.90. The number of ether oxygens (including phenoxy) is 2. The number of methoxy groups -OCH3 is 1. The lowest BCUT2D eigenvalue weighted by Crippen LogP contribution is -2.37. The molecule has 0 aliphatic carbocycles. The van der Waals surface area contributed by atoms with Crippen LogP contribution in [-0.4, -0.2) is 51.3 Å². The van der Waals surface area contributed by atoms with Gasteiger partial charge in [0.1, 0.15) is 18.1 Å². The molecule has 21 heavy (non-hydrogen) atoms.